The largest absolute Gasteiger partial charge is 0.392 e. The summed E-state index contributed by atoms with van der Waals surface area (Å²) in [5.41, 5.74) is 3.90. The molecule has 3 atom stereocenters. The topological polar surface area (TPSA) is 111 Å². The van der Waals surface area contributed by atoms with E-state index < -0.39 is 6.29 Å². The molecule has 1 aromatic heterocycles. The number of thioether (sulfide) groups is 1. The van der Waals surface area contributed by atoms with Crippen LogP contribution < -0.4 is 5.32 Å². The Bertz CT molecular complexity index is 1330. The smallest absolute Gasteiger partial charge is 0.255 e. The zero-order valence-corrected chi connectivity index (χ0v) is 21.0. The van der Waals surface area contributed by atoms with Crippen molar-refractivity contribution < 1.29 is 19.4 Å². The normalized spacial score (nSPS) is 19.5. The summed E-state index contributed by atoms with van der Waals surface area (Å²) < 4.78 is 14.4. The molecule has 2 N–H and O–H groups in total. The van der Waals surface area contributed by atoms with E-state index in [1.807, 2.05) is 66.7 Å². The molecule has 37 heavy (non-hydrogen) atoms. The molecule has 0 aliphatic carbocycles. The molecular weight excluding hydrogens is 490 g/mol. The van der Waals surface area contributed by atoms with Crippen molar-refractivity contribution in [3.05, 3.63) is 101 Å². The van der Waals surface area contributed by atoms with Crippen LogP contribution in [0.1, 0.15) is 45.9 Å². The molecule has 1 aliphatic rings. The van der Waals surface area contributed by atoms with Gasteiger partial charge in [0.2, 0.25) is 5.16 Å². The van der Waals surface area contributed by atoms with Crippen molar-refractivity contribution in [2.75, 3.05) is 11.1 Å². The molecule has 0 radical (unpaired) electrons. The molecule has 9 nitrogen and oxygen atoms in total. The van der Waals surface area contributed by atoms with Gasteiger partial charge in [0.05, 0.1) is 18.8 Å². The number of aliphatic hydroxyl groups excluding tert-OH is 1. The zero-order chi connectivity index (χ0) is 25.6. The van der Waals surface area contributed by atoms with Crippen LogP contribution in [0.15, 0.2) is 84.0 Å². The van der Waals surface area contributed by atoms with E-state index in [0.29, 0.717) is 28.6 Å². The van der Waals surface area contributed by atoms with E-state index in [1.165, 1.54) is 11.8 Å². The number of nitrogens with one attached hydrogen (secondary N) is 1. The lowest BCUT2D eigenvalue weighted by Crippen LogP contribution is -2.31. The van der Waals surface area contributed by atoms with Gasteiger partial charge in [0.1, 0.15) is 0 Å². The predicted molar refractivity (Wildman–Crippen MR) is 139 cm³/mol. The minimum absolute atomic E-state index is 0.00989. The highest BCUT2D eigenvalue weighted by Gasteiger charge is 2.32. The summed E-state index contributed by atoms with van der Waals surface area (Å²) in [4.78, 5) is 12.7. The highest BCUT2D eigenvalue weighted by Crippen LogP contribution is 2.39. The van der Waals surface area contributed by atoms with Crippen LogP contribution in [0, 0.1) is 0 Å². The van der Waals surface area contributed by atoms with Crippen molar-refractivity contribution >= 4 is 23.4 Å². The number of carbonyl (C=O) groups excluding carboxylic acids is 1. The number of rotatable bonds is 8. The van der Waals surface area contributed by atoms with Crippen molar-refractivity contribution in [2.45, 2.75) is 36.7 Å². The van der Waals surface area contributed by atoms with E-state index >= 15 is 0 Å². The monoisotopic (exact) mass is 517 g/mol. The molecule has 1 amide bonds. The van der Waals surface area contributed by atoms with Crippen LogP contribution in [0.2, 0.25) is 0 Å². The standard InChI is InChI=1S/C27H27N5O4S/c1-32-27(29-30-31-32)37-17-23-15-24(19-12-10-18(16-33)11-13-19)36-26(35-23)21-8-5-9-22(14-21)28-25(34)20-6-3-2-4-7-20/h2-14,23-24,26,33H,15-17H2,1H3,(H,28,34)/t23-,24+,26+/m1/s1. The Balaban J connectivity index is 1.35. The summed E-state index contributed by atoms with van der Waals surface area (Å²) >= 11 is 1.53. The maximum Gasteiger partial charge on any atom is 0.255 e. The third-order valence-corrected chi connectivity index (χ3v) is 7.19. The van der Waals surface area contributed by atoms with Gasteiger partial charge in [0.25, 0.3) is 5.91 Å². The van der Waals surface area contributed by atoms with Gasteiger partial charge < -0.3 is 19.9 Å². The van der Waals surface area contributed by atoms with E-state index in [1.54, 1.807) is 23.9 Å². The van der Waals surface area contributed by atoms with Gasteiger partial charge in [-0.3, -0.25) is 4.79 Å². The van der Waals surface area contributed by atoms with Crippen molar-refractivity contribution in [1.29, 1.82) is 0 Å². The zero-order valence-electron chi connectivity index (χ0n) is 20.2. The van der Waals surface area contributed by atoms with Crippen molar-refractivity contribution in [1.82, 2.24) is 20.2 Å². The summed E-state index contributed by atoms with van der Waals surface area (Å²) in [6.45, 7) is -0.00989. The molecule has 10 heteroatoms. The average Bonchev–Trinajstić information content (AvgIpc) is 3.37. The summed E-state index contributed by atoms with van der Waals surface area (Å²) in [7, 11) is 1.80. The first-order chi connectivity index (χ1) is 18.1. The number of amides is 1. The Morgan fingerprint density at radius 2 is 1.86 bits per heavy atom. The summed E-state index contributed by atoms with van der Waals surface area (Å²) in [5.74, 6) is 0.459. The third-order valence-electron chi connectivity index (χ3n) is 6.05. The third kappa shape index (κ3) is 6.23. The Morgan fingerprint density at radius 3 is 2.59 bits per heavy atom. The SMILES string of the molecule is Cn1nnnc1SC[C@H]1C[C@@H](c2ccc(CO)cc2)O[C@@H](c2cccc(NC(=O)c3ccccc3)c2)O1. The molecule has 5 rings (SSSR count). The molecule has 1 fully saturated rings. The van der Waals surface area contributed by atoms with Gasteiger partial charge in [0, 0.05) is 36.0 Å². The molecule has 4 aromatic rings. The number of hydrogen-bond acceptors (Lipinski definition) is 8. The van der Waals surface area contributed by atoms with Crippen molar-refractivity contribution in [3.63, 3.8) is 0 Å². The van der Waals surface area contributed by atoms with E-state index in [-0.39, 0.29) is 24.7 Å². The van der Waals surface area contributed by atoms with Crippen LogP contribution in [-0.4, -0.2) is 43.1 Å². The van der Waals surface area contributed by atoms with Crippen LogP contribution >= 0.6 is 11.8 Å². The number of aromatic nitrogens is 4. The Morgan fingerprint density at radius 1 is 1.05 bits per heavy atom. The number of benzene rings is 3. The molecule has 0 unspecified atom stereocenters. The average molecular weight is 518 g/mol. The lowest BCUT2D eigenvalue weighted by molar-refractivity contribution is -0.245. The number of aryl methyl sites for hydroxylation is 1. The minimum Gasteiger partial charge on any atom is -0.392 e. The molecular formula is C27H27N5O4S. The number of carbonyl (C=O) groups is 1. The number of tetrazole rings is 1. The second-order valence-electron chi connectivity index (χ2n) is 8.69. The summed E-state index contributed by atoms with van der Waals surface area (Å²) in [6.07, 6.45) is -0.326. The molecule has 2 heterocycles. The van der Waals surface area contributed by atoms with Gasteiger partial charge in [-0.25, -0.2) is 4.68 Å². The number of nitrogens with zero attached hydrogens (tertiary/aromatic N) is 4. The maximum atomic E-state index is 12.7. The number of ether oxygens (including phenoxy) is 2. The van der Waals surface area contributed by atoms with Gasteiger partial charge >= 0.3 is 0 Å². The molecule has 0 spiro atoms. The summed E-state index contributed by atoms with van der Waals surface area (Å²) in [5, 5.41) is 24.7. The van der Waals surface area contributed by atoms with E-state index in [9.17, 15) is 9.90 Å². The van der Waals surface area contributed by atoms with E-state index in [4.69, 9.17) is 9.47 Å². The second kappa shape index (κ2) is 11.7. The molecule has 0 saturated carbocycles. The first-order valence-electron chi connectivity index (χ1n) is 11.9. The Labute approximate surface area is 218 Å². The fraction of sp³-hybridized carbons (Fsp3) is 0.259. The van der Waals surface area contributed by atoms with E-state index in [2.05, 4.69) is 20.8 Å². The molecule has 1 saturated heterocycles. The number of hydrogen-bond donors (Lipinski definition) is 2. The lowest BCUT2D eigenvalue weighted by atomic mass is 10.0. The summed E-state index contributed by atoms with van der Waals surface area (Å²) in [6, 6.07) is 24.4. The quantitative estimate of drug-likeness (QED) is 0.333. The molecule has 3 aromatic carbocycles. The van der Waals surface area contributed by atoms with Crippen molar-refractivity contribution in [3.8, 4) is 0 Å². The van der Waals surface area contributed by atoms with Crippen LogP contribution in [0.5, 0.6) is 0 Å². The van der Waals surface area contributed by atoms with Gasteiger partial charge in [-0.2, -0.15) is 0 Å². The first-order valence-corrected chi connectivity index (χ1v) is 12.9. The second-order valence-corrected chi connectivity index (χ2v) is 9.68. The minimum atomic E-state index is -0.631. The predicted octanol–water partition coefficient (Wildman–Crippen LogP) is 4.29. The number of aliphatic hydroxyl groups is 1. The van der Waals surface area contributed by atoms with Crippen LogP contribution in [0.3, 0.4) is 0 Å². The molecule has 190 valence electrons. The fourth-order valence-electron chi connectivity index (χ4n) is 4.09. The van der Waals surface area contributed by atoms with Crippen LogP contribution in [0.4, 0.5) is 5.69 Å². The van der Waals surface area contributed by atoms with E-state index in [0.717, 1.165) is 16.7 Å². The maximum absolute atomic E-state index is 12.7. The van der Waals surface area contributed by atoms with Crippen LogP contribution in [-0.2, 0) is 23.1 Å². The van der Waals surface area contributed by atoms with Crippen molar-refractivity contribution in [2.24, 2.45) is 7.05 Å². The van der Waals surface area contributed by atoms with Gasteiger partial charge in [0.15, 0.2) is 6.29 Å². The van der Waals surface area contributed by atoms with Gasteiger partial charge in [-0.05, 0) is 45.8 Å². The lowest BCUT2D eigenvalue weighted by Gasteiger charge is -2.36. The van der Waals surface area contributed by atoms with Crippen LogP contribution in [0.25, 0.3) is 0 Å². The Hall–Kier alpha value is -3.57. The molecule has 0 bridgehead atoms. The highest BCUT2D eigenvalue weighted by molar-refractivity contribution is 7.99. The van der Waals surface area contributed by atoms with Gasteiger partial charge in [-0.15, -0.1) is 5.10 Å². The first kappa shape index (κ1) is 25.1. The van der Waals surface area contributed by atoms with Gasteiger partial charge in [-0.1, -0.05) is 66.4 Å². The Kier molecular flexibility index (Phi) is 7.90. The fourth-order valence-corrected chi connectivity index (χ4v) is 4.96. The molecule has 1 aliphatic heterocycles. The number of anilines is 1. The highest BCUT2D eigenvalue weighted by atomic mass is 32.2.